The molecule has 0 aliphatic rings. The number of halogens is 2. The van der Waals surface area contributed by atoms with Gasteiger partial charge in [0.15, 0.2) is 0 Å². The summed E-state index contributed by atoms with van der Waals surface area (Å²) in [5.74, 6) is -2.08. The van der Waals surface area contributed by atoms with Crippen LogP contribution in [0.15, 0.2) is 69.9 Å². The van der Waals surface area contributed by atoms with E-state index in [4.69, 9.17) is 16.0 Å². The van der Waals surface area contributed by atoms with Crippen LogP contribution < -0.4 is 11.1 Å². The molecule has 1 N–H and O–H groups in total. The van der Waals surface area contributed by atoms with Crippen LogP contribution in [0.4, 0.5) is 10.1 Å². The van der Waals surface area contributed by atoms with E-state index in [-0.39, 0.29) is 16.5 Å². The second-order valence-corrected chi connectivity index (χ2v) is 7.53. The Morgan fingerprint density at radius 1 is 1.12 bits per heavy atom. The van der Waals surface area contributed by atoms with Crippen LogP contribution in [0.3, 0.4) is 0 Å². The highest BCUT2D eigenvalue weighted by atomic mass is 35.5. The highest BCUT2D eigenvalue weighted by Gasteiger charge is 2.20. The molecule has 3 aromatic carbocycles. The number of anilines is 1. The average Bonchev–Trinajstić information content (AvgIpc) is 3.12. The van der Waals surface area contributed by atoms with Gasteiger partial charge in [-0.2, -0.15) is 4.68 Å². The lowest BCUT2D eigenvalue weighted by Gasteiger charge is -2.14. The molecule has 1 amide bonds. The van der Waals surface area contributed by atoms with Crippen molar-refractivity contribution in [3.8, 4) is 22.6 Å². The van der Waals surface area contributed by atoms with Gasteiger partial charge in [-0.3, -0.25) is 4.79 Å². The minimum atomic E-state index is -0.741. The van der Waals surface area contributed by atoms with Gasteiger partial charge in [-0.05, 0) is 47.4 Å². The van der Waals surface area contributed by atoms with Crippen LogP contribution in [0.1, 0.15) is 22.8 Å². The number of nitrogens with one attached hydrogen (secondary N) is 1. The van der Waals surface area contributed by atoms with Crippen LogP contribution in [-0.4, -0.2) is 15.7 Å². The summed E-state index contributed by atoms with van der Waals surface area (Å²) in [5.41, 5.74) is 3.40. The summed E-state index contributed by atoms with van der Waals surface area (Å²) in [6, 6.07) is 17.2. The molecule has 0 bridgehead atoms. The molecule has 0 radical (unpaired) electrons. The predicted octanol–water partition coefficient (Wildman–Crippen LogP) is 5.31. The summed E-state index contributed by atoms with van der Waals surface area (Å²) in [6.07, 6.45) is 0.828. The van der Waals surface area contributed by atoms with Gasteiger partial charge in [-0.25, -0.2) is 9.18 Å². The Labute approximate surface area is 188 Å². The maximum Gasteiger partial charge on any atom is 0.437 e. The molecule has 6 nitrogen and oxygen atoms in total. The average molecular weight is 452 g/mol. The summed E-state index contributed by atoms with van der Waals surface area (Å²) in [7, 11) is 1.46. The molecule has 4 aromatic rings. The standard InChI is InChI=1S/C24H19ClFN3O3/c1-3-14-7-4-5-8-16(14)15-11-12-20(17(13-15)23-28-29(2)24(31)32-23)27-22(30)21-18(25)9-6-10-19(21)26/h4-13H,3H2,1-2H3,(H,27,30). The van der Waals surface area contributed by atoms with Crippen molar-refractivity contribution in [1.82, 2.24) is 9.78 Å². The fourth-order valence-corrected chi connectivity index (χ4v) is 3.71. The van der Waals surface area contributed by atoms with Gasteiger partial charge in [0.1, 0.15) is 5.82 Å². The minimum absolute atomic E-state index is 0.0121. The van der Waals surface area contributed by atoms with Crippen LogP contribution in [0, 0.1) is 5.82 Å². The first-order valence-electron chi connectivity index (χ1n) is 9.91. The molecule has 162 valence electrons. The highest BCUT2D eigenvalue weighted by molar-refractivity contribution is 6.34. The van der Waals surface area contributed by atoms with Crippen molar-refractivity contribution in [2.75, 3.05) is 5.32 Å². The Balaban J connectivity index is 1.83. The summed E-state index contributed by atoms with van der Waals surface area (Å²) < 4.78 is 20.6. The van der Waals surface area contributed by atoms with Crippen molar-refractivity contribution in [1.29, 1.82) is 0 Å². The van der Waals surface area contributed by atoms with Crippen LogP contribution >= 0.6 is 11.6 Å². The van der Waals surface area contributed by atoms with E-state index in [9.17, 15) is 14.0 Å². The van der Waals surface area contributed by atoms with E-state index in [1.807, 2.05) is 30.3 Å². The third-order valence-electron chi connectivity index (χ3n) is 5.09. The molecule has 0 saturated heterocycles. The smallest absolute Gasteiger partial charge is 0.388 e. The number of aromatic nitrogens is 2. The van der Waals surface area contributed by atoms with Crippen LogP contribution in [0.2, 0.25) is 5.02 Å². The highest BCUT2D eigenvalue weighted by Crippen LogP contribution is 2.34. The van der Waals surface area contributed by atoms with E-state index in [0.717, 1.165) is 33.9 Å². The number of carbonyl (C=O) groups excluding carboxylic acids is 1. The van der Waals surface area contributed by atoms with Gasteiger partial charge in [0, 0.05) is 7.05 Å². The molecule has 0 aliphatic heterocycles. The van der Waals surface area contributed by atoms with E-state index < -0.39 is 17.5 Å². The maximum atomic E-state index is 14.2. The summed E-state index contributed by atoms with van der Waals surface area (Å²) in [6.45, 7) is 2.06. The first kappa shape index (κ1) is 21.5. The summed E-state index contributed by atoms with van der Waals surface area (Å²) in [5, 5.41) is 6.78. The number of carbonyl (C=O) groups is 1. The third-order valence-corrected chi connectivity index (χ3v) is 5.40. The number of hydrogen-bond donors (Lipinski definition) is 1. The largest absolute Gasteiger partial charge is 0.437 e. The van der Waals surface area contributed by atoms with Gasteiger partial charge in [0.25, 0.3) is 11.8 Å². The molecule has 0 atom stereocenters. The fourth-order valence-electron chi connectivity index (χ4n) is 3.46. The van der Waals surface area contributed by atoms with Crippen molar-refractivity contribution in [2.24, 2.45) is 7.05 Å². The van der Waals surface area contributed by atoms with Gasteiger partial charge >= 0.3 is 5.76 Å². The number of nitrogens with zero attached hydrogens (tertiary/aromatic N) is 2. The zero-order valence-corrected chi connectivity index (χ0v) is 18.1. The molecule has 8 heteroatoms. The number of rotatable bonds is 5. The van der Waals surface area contributed by atoms with Gasteiger partial charge in [0.2, 0.25) is 0 Å². The van der Waals surface area contributed by atoms with Gasteiger partial charge in [0.05, 0.1) is 21.8 Å². The molecule has 0 unspecified atom stereocenters. The lowest BCUT2D eigenvalue weighted by molar-refractivity contribution is 0.102. The van der Waals surface area contributed by atoms with Crippen molar-refractivity contribution in [3.05, 3.63) is 93.2 Å². The van der Waals surface area contributed by atoms with Gasteiger partial charge in [-0.15, -0.1) is 5.10 Å². The zero-order chi connectivity index (χ0) is 22.8. The SMILES string of the molecule is CCc1ccccc1-c1ccc(NC(=O)c2c(F)cccc2Cl)c(-c2nn(C)c(=O)o2)c1. The normalized spacial score (nSPS) is 10.9. The molecular weight excluding hydrogens is 433 g/mol. The van der Waals surface area contributed by atoms with E-state index >= 15 is 0 Å². The third kappa shape index (κ3) is 4.07. The zero-order valence-electron chi connectivity index (χ0n) is 17.4. The lowest BCUT2D eigenvalue weighted by Crippen LogP contribution is -2.15. The Kier molecular flexibility index (Phi) is 5.92. The van der Waals surface area contributed by atoms with Gasteiger partial charge < -0.3 is 9.73 Å². The summed E-state index contributed by atoms with van der Waals surface area (Å²) in [4.78, 5) is 24.7. The summed E-state index contributed by atoms with van der Waals surface area (Å²) >= 11 is 6.03. The Morgan fingerprint density at radius 3 is 2.59 bits per heavy atom. The number of amides is 1. The quantitative estimate of drug-likeness (QED) is 0.446. The lowest BCUT2D eigenvalue weighted by atomic mass is 9.96. The van der Waals surface area contributed by atoms with Crippen molar-refractivity contribution >= 4 is 23.2 Å². The number of hydrogen-bond acceptors (Lipinski definition) is 4. The van der Waals surface area contributed by atoms with Crippen molar-refractivity contribution in [3.63, 3.8) is 0 Å². The molecule has 32 heavy (non-hydrogen) atoms. The molecule has 0 spiro atoms. The number of benzene rings is 3. The fraction of sp³-hybridized carbons (Fsp3) is 0.125. The number of aryl methyl sites for hydroxylation is 2. The second kappa shape index (κ2) is 8.80. The van der Waals surface area contributed by atoms with Crippen LogP contribution in [-0.2, 0) is 13.5 Å². The Hall–Kier alpha value is -3.71. The first-order valence-corrected chi connectivity index (χ1v) is 10.3. The first-order chi connectivity index (χ1) is 15.4. The monoisotopic (exact) mass is 451 g/mol. The van der Waals surface area contributed by atoms with Crippen molar-refractivity contribution in [2.45, 2.75) is 13.3 Å². The van der Waals surface area contributed by atoms with E-state index in [2.05, 4.69) is 17.3 Å². The molecule has 0 saturated carbocycles. The molecule has 0 fully saturated rings. The molecule has 1 aromatic heterocycles. The van der Waals surface area contributed by atoms with E-state index in [1.165, 1.54) is 19.2 Å². The predicted molar refractivity (Wildman–Crippen MR) is 121 cm³/mol. The second-order valence-electron chi connectivity index (χ2n) is 7.12. The van der Waals surface area contributed by atoms with Gasteiger partial charge in [-0.1, -0.05) is 54.9 Å². The molecule has 0 aliphatic carbocycles. The van der Waals surface area contributed by atoms with Crippen LogP contribution in [0.25, 0.3) is 22.6 Å². The topological polar surface area (TPSA) is 77.1 Å². The maximum absolute atomic E-state index is 14.2. The van der Waals surface area contributed by atoms with Crippen LogP contribution in [0.5, 0.6) is 0 Å². The Morgan fingerprint density at radius 2 is 1.91 bits per heavy atom. The molecule has 4 rings (SSSR count). The molecular formula is C24H19ClFN3O3. The Bertz CT molecular complexity index is 1360. The molecule has 1 heterocycles. The van der Waals surface area contributed by atoms with Crippen molar-refractivity contribution < 1.29 is 13.6 Å². The van der Waals surface area contributed by atoms with E-state index in [1.54, 1.807) is 12.1 Å². The van der Waals surface area contributed by atoms with E-state index in [0.29, 0.717) is 11.3 Å². The minimum Gasteiger partial charge on any atom is -0.388 e.